The van der Waals surface area contributed by atoms with E-state index in [0.29, 0.717) is 0 Å². The van der Waals surface area contributed by atoms with Crippen LogP contribution in [0.4, 0.5) is 0 Å². The molecule has 1 aromatic rings. The maximum absolute atomic E-state index is 2.31. The first-order valence-electron chi connectivity index (χ1n) is 6.49. The van der Waals surface area contributed by atoms with Gasteiger partial charge in [-0.15, -0.1) is 0 Å². The standard InChI is InChI=1S/C14H22Si/c1-3-7-13(8-4-1)11-12-15-14-9-5-2-6-10-14/h2,5-6,9-10,13H,1,3-4,7-8,11-12,15H2. The Kier molecular flexibility index (Phi) is 4.46. The van der Waals surface area contributed by atoms with E-state index in [0.717, 1.165) is 5.92 Å². The van der Waals surface area contributed by atoms with E-state index in [-0.39, 0.29) is 9.52 Å². The Morgan fingerprint density at radius 2 is 1.73 bits per heavy atom. The molecule has 0 aliphatic heterocycles. The van der Waals surface area contributed by atoms with Gasteiger partial charge in [0.2, 0.25) is 0 Å². The lowest BCUT2D eigenvalue weighted by molar-refractivity contribution is 0.349. The van der Waals surface area contributed by atoms with Crippen LogP contribution in [0, 0.1) is 5.92 Å². The number of benzene rings is 1. The Bertz CT molecular complexity index is 262. The minimum Gasteiger partial charge on any atom is -0.0669 e. The first-order valence-corrected chi connectivity index (χ1v) is 8.20. The zero-order valence-electron chi connectivity index (χ0n) is 9.62. The molecule has 1 saturated carbocycles. The van der Waals surface area contributed by atoms with E-state index in [1.54, 1.807) is 5.19 Å². The van der Waals surface area contributed by atoms with Crippen LogP contribution in [0.1, 0.15) is 38.5 Å². The summed E-state index contributed by atoms with van der Waals surface area (Å²) in [5, 5.41) is 1.65. The van der Waals surface area contributed by atoms with Crippen LogP contribution < -0.4 is 5.19 Å². The Hall–Kier alpha value is -0.563. The normalized spacial score (nSPS) is 18.7. The fourth-order valence-corrected chi connectivity index (χ4v) is 4.51. The molecule has 0 nitrogen and oxygen atoms in total. The minimum absolute atomic E-state index is 0.0436. The van der Waals surface area contributed by atoms with Gasteiger partial charge in [-0.3, -0.25) is 0 Å². The molecule has 1 aliphatic rings. The molecular formula is C14H22Si. The van der Waals surface area contributed by atoms with Gasteiger partial charge < -0.3 is 0 Å². The fourth-order valence-electron chi connectivity index (χ4n) is 2.72. The van der Waals surface area contributed by atoms with Crippen molar-refractivity contribution in [1.29, 1.82) is 0 Å². The van der Waals surface area contributed by atoms with Gasteiger partial charge in [0, 0.05) is 0 Å². The topological polar surface area (TPSA) is 0 Å². The predicted molar refractivity (Wildman–Crippen MR) is 70.6 cm³/mol. The molecule has 1 fully saturated rings. The van der Waals surface area contributed by atoms with Crippen LogP contribution in [0.5, 0.6) is 0 Å². The molecular weight excluding hydrogens is 196 g/mol. The second-order valence-electron chi connectivity index (χ2n) is 4.88. The van der Waals surface area contributed by atoms with Gasteiger partial charge in [-0.25, -0.2) is 0 Å². The summed E-state index contributed by atoms with van der Waals surface area (Å²) in [7, 11) is 0.0436. The van der Waals surface area contributed by atoms with Gasteiger partial charge in [-0.05, 0) is 5.92 Å². The van der Waals surface area contributed by atoms with Crippen LogP contribution in [0.15, 0.2) is 30.3 Å². The molecule has 15 heavy (non-hydrogen) atoms. The lowest BCUT2D eigenvalue weighted by Crippen LogP contribution is -2.15. The molecule has 0 unspecified atom stereocenters. The first-order chi connectivity index (χ1) is 7.45. The monoisotopic (exact) mass is 218 g/mol. The average molecular weight is 218 g/mol. The van der Waals surface area contributed by atoms with Crippen molar-refractivity contribution in [3.05, 3.63) is 30.3 Å². The summed E-state index contributed by atoms with van der Waals surface area (Å²) in [6.45, 7) is 0. The maximum Gasteiger partial charge on any atom is 0.0547 e. The molecule has 0 aromatic heterocycles. The van der Waals surface area contributed by atoms with Crippen LogP contribution in [0.2, 0.25) is 6.04 Å². The van der Waals surface area contributed by atoms with E-state index in [1.807, 2.05) is 0 Å². The van der Waals surface area contributed by atoms with E-state index < -0.39 is 0 Å². The van der Waals surface area contributed by atoms with Crippen molar-refractivity contribution in [2.75, 3.05) is 0 Å². The molecule has 2 rings (SSSR count). The maximum atomic E-state index is 2.31. The molecule has 0 bridgehead atoms. The molecule has 1 aliphatic carbocycles. The number of rotatable bonds is 4. The summed E-state index contributed by atoms with van der Waals surface area (Å²) >= 11 is 0. The highest BCUT2D eigenvalue weighted by molar-refractivity contribution is 6.53. The van der Waals surface area contributed by atoms with Crippen molar-refractivity contribution in [1.82, 2.24) is 0 Å². The van der Waals surface area contributed by atoms with Crippen LogP contribution in [0.25, 0.3) is 0 Å². The second kappa shape index (κ2) is 6.11. The highest BCUT2D eigenvalue weighted by atomic mass is 28.2. The molecule has 1 heteroatoms. The summed E-state index contributed by atoms with van der Waals surface area (Å²) in [4.78, 5) is 0. The summed E-state index contributed by atoms with van der Waals surface area (Å²) in [6.07, 6.45) is 9.04. The van der Waals surface area contributed by atoms with Crippen molar-refractivity contribution in [3.63, 3.8) is 0 Å². The Morgan fingerprint density at radius 3 is 2.47 bits per heavy atom. The smallest absolute Gasteiger partial charge is 0.0547 e. The third kappa shape index (κ3) is 3.82. The molecule has 0 amide bonds. The predicted octanol–water partition coefficient (Wildman–Crippen LogP) is 2.87. The fraction of sp³-hybridized carbons (Fsp3) is 0.571. The van der Waals surface area contributed by atoms with E-state index in [1.165, 1.54) is 44.6 Å². The molecule has 82 valence electrons. The van der Waals surface area contributed by atoms with Crippen LogP contribution in [-0.2, 0) is 0 Å². The van der Waals surface area contributed by atoms with E-state index in [9.17, 15) is 0 Å². The highest BCUT2D eigenvalue weighted by Crippen LogP contribution is 2.27. The molecule has 0 radical (unpaired) electrons. The summed E-state index contributed by atoms with van der Waals surface area (Å²) < 4.78 is 0. The van der Waals surface area contributed by atoms with E-state index >= 15 is 0 Å². The molecule has 0 saturated heterocycles. The second-order valence-corrected chi connectivity index (χ2v) is 6.91. The van der Waals surface area contributed by atoms with Gasteiger partial charge in [-0.2, -0.15) is 0 Å². The minimum atomic E-state index is 0.0436. The van der Waals surface area contributed by atoms with Gasteiger partial charge in [-0.1, -0.05) is 80.1 Å². The van der Waals surface area contributed by atoms with Gasteiger partial charge >= 0.3 is 0 Å². The zero-order valence-corrected chi connectivity index (χ0v) is 11.0. The third-order valence-electron chi connectivity index (χ3n) is 3.65. The Labute approximate surface area is 95.9 Å². The lowest BCUT2D eigenvalue weighted by atomic mass is 9.88. The molecule has 0 spiro atoms. The van der Waals surface area contributed by atoms with Crippen LogP contribution in [0.3, 0.4) is 0 Å². The summed E-state index contributed by atoms with van der Waals surface area (Å²) in [5.41, 5.74) is 0. The Morgan fingerprint density at radius 1 is 1.00 bits per heavy atom. The summed E-state index contributed by atoms with van der Waals surface area (Å²) in [5.74, 6) is 1.08. The zero-order chi connectivity index (χ0) is 10.3. The highest BCUT2D eigenvalue weighted by Gasteiger charge is 2.12. The van der Waals surface area contributed by atoms with E-state index in [4.69, 9.17) is 0 Å². The van der Waals surface area contributed by atoms with Gasteiger partial charge in [0.1, 0.15) is 0 Å². The van der Waals surface area contributed by atoms with E-state index in [2.05, 4.69) is 30.3 Å². The van der Waals surface area contributed by atoms with Crippen molar-refractivity contribution >= 4 is 14.7 Å². The van der Waals surface area contributed by atoms with Crippen molar-refractivity contribution in [2.45, 2.75) is 44.6 Å². The van der Waals surface area contributed by atoms with Crippen molar-refractivity contribution < 1.29 is 0 Å². The van der Waals surface area contributed by atoms with Gasteiger partial charge in [0.05, 0.1) is 9.52 Å². The van der Waals surface area contributed by atoms with Crippen LogP contribution >= 0.6 is 0 Å². The number of hydrogen-bond donors (Lipinski definition) is 0. The van der Waals surface area contributed by atoms with Gasteiger partial charge in [0.15, 0.2) is 0 Å². The lowest BCUT2D eigenvalue weighted by Gasteiger charge is -2.21. The van der Waals surface area contributed by atoms with Crippen molar-refractivity contribution in [2.24, 2.45) is 5.92 Å². The molecule has 1 aromatic carbocycles. The quantitative estimate of drug-likeness (QED) is 0.682. The summed E-state index contributed by atoms with van der Waals surface area (Å²) in [6, 6.07) is 12.6. The molecule has 0 N–H and O–H groups in total. The molecule has 0 atom stereocenters. The third-order valence-corrected chi connectivity index (χ3v) is 5.46. The largest absolute Gasteiger partial charge is 0.0669 e. The molecule has 0 heterocycles. The van der Waals surface area contributed by atoms with Gasteiger partial charge in [0.25, 0.3) is 0 Å². The average Bonchev–Trinajstić information content (AvgIpc) is 2.32. The van der Waals surface area contributed by atoms with Crippen LogP contribution in [-0.4, -0.2) is 9.52 Å². The SMILES string of the molecule is c1ccc([SiH2]CCC2CCCCC2)cc1. The van der Waals surface area contributed by atoms with Crippen molar-refractivity contribution in [3.8, 4) is 0 Å². The Balaban J connectivity index is 1.66. The first kappa shape index (κ1) is 10.9. The number of hydrogen-bond acceptors (Lipinski definition) is 0.